The second-order valence-corrected chi connectivity index (χ2v) is 5.08. The molecule has 2 N–H and O–H groups in total. The molecule has 19 heavy (non-hydrogen) atoms. The third-order valence-corrected chi connectivity index (χ3v) is 2.87. The van der Waals surface area contributed by atoms with Gasteiger partial charge in [-0.3, -0.25) is 5.43 Å². The van der Waals surface area contributed by atoms with Crippen LogP contribution >= 0.6 is 28.1 Å². The second-order valence-electron chi connectivity index (χ2n) is 3.76. The Hall–Kier alpha value is -1.14. The van der Waals surface area contributed by atoms with E-state index in [1.54, 1.807) is 6.21 Å². The van der Waals surface area contributed by atoms with Crippen molar-refractivity contribution in [1.82, 2.24) is 10.7 Å². The van der Waals surface area contributed by atoms with Crippen LogP contribution in [0.15, 0.2) is 27.8 Å². The second kappa shape index (κ2) is 8.87. The average Bonchev–Trinajstić information content (AvgIpc) is 2.38. The molecule has 0 saturated heterocycles. The van der Waals surface area contributed by atoms with Gasteiger partial charge in [0.15, 0.2) is 5.11 Å². The van der Waals surface area contributed by atoms with Crippen molar-refractivity contribution < 1.29 is 4.74 Å². The van der Waals surface area contributed by atoms with Crippen LogP contribution in [-0.2, 0) is 0 Å². The van der Waals surface area contributed by atoms with E-state index in [2.05, 4.69) is 38.7 Å². The first-order valence-electron chi connectivity index (χ1n) is 6.16. The average molecular weight is 344 g/mol. The Kier molecular flexibility index (Phi) is 7.43. The molecule has 0 saturated carbocycles. The predicted molar refractivity (Wildman–Crippen MR) is 86.9 cm³/mol. The van der Waals surface area contributed by atoms with Crippen molar-refractivity contribution >= 4 is 39.5 Å². The van der Waals surface area contributed by atoms with Gasteiger partial charge in [-0.1, -0.05) is 22.9 Å². The standard InChI is InChI=1S/C13H18BrN3OS/c1-3-7-18-12-6-5-11(14)8-10(12)9-16-17-13(19)15-4-2/h5-6,8-9H,3-4,7H2,1-2H3,(H2,15,17,19)/b16-9+. The molecule has 0 aliphatic carbocycles. The molecular formula is C13H18BrN3OS. The molecule has 1 aromatic rings. The van der Waals surface area contributed by atoms with E-state index in [1.807, 2.05) is 25.1 Å². The van der Waals surface area contributed by atoms with Gasteiger partial charge in [0.05, 0.1) is 12.8 Å². The highest BCUT2D eigenvalue weighted by atomic mass is 79.9. The van der Waals surface area contributed by atoms with E-state index in [0.717, 1.165) is 28.8 Å². The minimum atomic E-state index is 0.504. The highest BCUT2D eigenvalue weighted by Crippen LogP contribution is 2.21. The molecule has 4 nitrogen and oxygen atoms in total. The van der Waals surface area contributed by atoms with Crippen LogP contribution in [0, 0.1) is 0 Å². The highest BCUT2D eigenvalue weighted by Gasteiger charge is 2.02. The van der Waals surface area contributed by atoms with Gasteiger partial charge in [-0.15, -0.1) is 0 Å². The van der Waals surface area contributed by atoms with Crippen molar-refractivity contribution in [3.05, 3.63) is 28.2 Å². The zero-order valence-corrected chi connectivity index (χ0v) is 13.5. The molecule has 0 fully saturated rings. The summed E-state index contributed by atoms with van der Waals surface area (Å²) in [6, 6.07) is 5.81. The summed E-state index contributed by atoms with van der Waals surface area (Å²) < 4.78 is 6.64. The largest absolute Gasteiger partial charge is 0.493 e. The van der Waals surface area contributed by atoms with Crippen LogP contribution in [-0.4, -0.2) is 24.5 Å². The number of nitrogens with one attached hydrogen (secondary N) is 2. The molecule has 0 spiro atoms. The maximum atomic E-state index is 5.66. The van der Waals surface area contributed by atoms with Crippen molar-refractivity contribution in [2.45, 2.75) is 20.3 Å². The summed E-state index contributed by atoms with van der Waals surface area (Å²) >= 11 is 8.46. The Morgan fingerprint density at radius 3 is 2.95 bits per heavy atom. The lowest BCUT2D eigenvalue weighted by Crippen LogP contribution is -2.31. The Morgan fingerprint density at radius 2 is 2.26 bits per heavy atom. The summed E-state index contributed by atoms with van der Waals surface area (Å²) in [4.78, 5) is 0. The maximum Gasteiger partial charge on any atom is 0.186 e. The summed E-state index contributed by atoms with van der Waals surface area (Å²) in [5.74, 6) is 0.810. The van der Waals surface area contributed by atoms with Crippen molar-refractivity contribution in [1.29, 1.82) is 0 Å². The van der Waals surface area contributed by atoms with Gasteiger partial charge in [0.2, 0.25) is 0 Å². The quantitative estimate of drug-likeness (QED) is 0.473. The Balaban J connectivity index is 2.71. The molecule has 0 aromatic heterocycles. The summed E-state index contributed by atoms with van der Waals surface area (Å²) in [6.45, 7) is 5.50. The van der Waals surface area contributed by atoms with Crippen LogP contribution in [0.2, 0.25) is 0 Å². The van der Waals surface area contributed by atoms with E-state index in [9.17, 15) is 0 Å². The molecule has 1 aromatic carbocycles. The lowest BCUT2D eigenvalue weighted by atomic mass is 10.2. The molecule has 0 heterocycles. The Morgan fingerprint density at radius 1 is 1.47 bits per heavy atom. The van der Waals surface area contributed by atoms with Crippen LogP contribution in [0.3, 0.4) is 0 Å². The molecular weight excluding hydrogens is 326 g/mol. The van der Waals surface area contributed by atoms with E-state index in [-0.39, 0.29) is 0 Å². The van der Waals surface area contributed by atoms with Crippen molar-refractivity contribution in [3.8, 4) is 5.75 Å². The maximum absolute atomic E-state index is 5.66. The van der Waals surface area contributed by atoms with Crippen LogP contribution in [0.4, 0.5) is 0 Å². The lowest BCUT2D eigenvalue weighted by Gasteiger charge is -2.08. The number of halogens is 1. The zero-order valence-electron chi connectivity index (χ0n) is 11.1. The SMILES string of the molecule is CCCOc1ccc(Br)cc1/C=N/NC(=S)NCC. The minimum absolute atomic E-state index is 0.504. The van der Waals surface area contributed by atoms with E-state index in [4.69, 9.17) is 17.0 Å². The number of hydrogen-bond acceptors (Lipinski definition) is 3. The molecule has 0 atom stereocenters. The van der Waals surface area contributed by atoms with Crippen molar-refractivity contribution in [2.24, 2.45) is 5.10 Å². The third-order valence-electron chi connectivity index (χ3n) is 2.14. The normalized spacial score (nSPS) is 10.5. The Bertz CT molecular complexity index is 452. The smallest absolute Gasteiger partial charge is 0.186 e. The zero-order chi connectivity index (χ0) is 14.1. The number of rotatable bonds is 6. The van der Waals surface area contributed by atoms with E-state index < -0.39 is 0 Å². The van der Waals surface area contributed by atoms with Gasteiger partial charge in [-0.05, 0) is 43.8 Å². The monoisotopic (exact) mass is 343 g/mol. The summed E-state index contributed by atoms with van der Waals surface area (Å²) in [7, 11) is 0. The van der Waals surface area contributed by atoms with Gasteiger partial charge in [0.1, 0.15) is 5.75 Å². The highest BCUT2D eigenvalue weighted by molar-refractivity contribution is 9.10. The number of benzene rings is 1. The summed E-state index contributed by atoms with van der Waals surface area (Å²) in [5, 5.41) is 7.55. The first-order chi connectivity index (χ1) is 9.17. The fraction of sp³-hybridized carbons (Fsp3) is 0.385. The molecule has 0 radical (unpaired) electrons. The first kappa shape index (κ1) is 15.9. The molecule has 6 heteroatoms. The van der Waals surface area contributed by atoms with Crippen LogP contribution < -0.4 is 15.5 Å². The van der Waals surface area contributed by atoms with Gasteiger partial charge < -0.3 is 10.1 Å². The van der Waals surface area contributed by atoms with E-state index >= 15 is 0 Å². The van der Waals surface area contributed by atoms with Crippen LogP contribution in [0.5, 0.6) is 5.75 Å². The summed E-state index contributed by atoms with van der Waals surface area (Å²) in [6.07, 6.45) is 2.66. The lowest BCUT2D eigenvalue weighted by molar-refractivity contribution is 0.317. The fourth-order valence-electron chi connectivity index (χ4n) is 1.32. The fourth-order valence-corrected chi connectivity index (χ4v) is 1.90. The third kappa shape index (κ3) is 6.02. The van der Waals surface area contributed by atoms with Gasteiger partial charge in [-0.2, -0.15) is 5.10 Å². The molecule has 104 valence electrons. The number of nitrogens with zero attached hydrogens (tertiary/aromatic N) is 1. The molecule has 0 unspecified atom stereocenters. The van der Waals surface area contributed by atoms with Gasteiger partial charge in [0.25, 0.3) is 0 Å². The number of thiocarbonyl (C=S) groups is 1. The minimum Gasteiger partial charge on any atom is -0.493 e. The van der Waals surface area contributed by atoms with E-state index in [1.165, 1.54) is 0 Å². The van der Waals surface area contributed by atoms with E-state index in [0.29, 0.717) is 11.7 Å². The molecule has 0 aliphatic heterocycles. The molecule has 0 aliphatic rings. The topological polar surface area (TPSA) is 45.6 Å². The number of hydrazone groups is 1. The molecule has 0 amide bonds. The summed E-state index contributed by atoms with van der Waals surface area (Å²) in [5.41, 5.74) is 3.65. The number of hydrogen-bond donors (Lipinski definition) is 2. The van der Waals surface area contributed by atoms with Crippen molar-refractivity contribution in [2.75, 3.05) is 13.2 Å². The van der Waals surface area contributed by atoms with Gasteiger partial charge >= 0.3 is 0 Å². The Labute approximate surface area is 127 Å². The molecule has 0 bridgehead atoms. The number of ether oxygens (including phenoxy) is 1. The van der Waals surface area contributed by atoms with Crippen LogP contribution in [0.1, 0.15) is 25.8 Å². The van der Waals surface area contributed by atoms with Crippen molar-refractivity contribution in [3.63, 3.8) is 0 Å². The van der Waals surface area contributed by atoms with Gasteiger partial charge in [-0.25, -0.2) is 0 Å². The predicted octanol–water partition coefficient (Wildman–Crippen LogP) is 3.06. The first-order valence-corrected chi connectivity index (χ1v) is 7.36. The van der Waals surface area contributed by atoms with Crippen LogP contribution in [0.25, 0.3) is 0 Å². The molecule has 1 rings (SSSR count). The van der Waals surface area contributed by atoms with Gasteiger partial charge in [0, 0.05) is 16.6 Å².